The maximum atomic E-state index is 9.40. The Morgan fingerprint density at radius 1 is 0.783 bits per heavy atom. The summed E-state index contributed by atoms with van der Waals surface area (Å²) >= 11 is 0. The lowest BCUT2D eigenvalue weighted by atomic mass is 9.78. The van der Waals surface area contributed by atoms with Crippen LogP contribution < -0.4 is 19.7 Å². The van der Waals surface area contributed by atoms with Crippen LogP contribution in [0.4, 0.5) is 0 Å². The molecule has 0 heterocycles. The molecule has 0 bridgehead atoms. The van der Waals surface area contributed by atoms with Crippen LogP contribution in [-0.4, -0.2) is 38.5 Å². The lowest BCUT2D eigenvalue weighted by Crippen LogP contribution is -2.31. The standard InChI is InChI=1S/C17H19BO5/c1-21-14-8-13(9-15(11-14)22-2)5-4-12-6-7-17(23-3)16(10-12)18(19)20/h4-11,19-20H,1-3H3/b5-4+. The average Bonchev–Trinajstić information content (AvgIpc) is 2.59. The van der Waals surface area contributed by atoms with Crippen LogP contribution in [0.15, 0.2) is 36.4 Å². The van der Waals surface area contributed by atoms with Crippen LogP contribution in [0.25, 0.3) is 12.2 Å². The van der Waals surface area contributed by atoms with Crippen molar-refractivity contribution in [1.29, 1.82) is 0 Å². The monoisotopic (exact) mass is 314 g/mol. The molecular formula is C17H19BO5. The molecular weight excluding hydrogens is 295 g/mol. The quantitative estimate of drug-likeness (QED) is 0.626. The molecule has 0 saturated heterocycles. The highest BCUT2D eigenvalue weighted by molar-refractivity contribution is 6.59. The Hall–Kier alpha value is -2.44. The summed E-state index contributed by atoms with van der Waals surface area (Å²) in [6.07, 6.45) is 3.75. The van der Waals surface area contributed by atoms with Crippen molar-refractivity contribution in [2.75, 3.05) is 21.3 Å². The smallest absolute Gasteiger partial charge is 0.492 e. The van der Waals surface area contributed by atoms with Gasteiger partial charge in [0, 0.05) is 11.5 Å². The zero-order chi connectivity index (χ0) is 16.8. The van der Waals surface area contributed by atoms with Gasteiger partial charge in [0.05, 0.1) is 21.3 Å². The van der Waals surface area contributed by atoms with E-state index in [1.54, 1.807) is 32.4 Å². The lowest BCUT2D eigenvalue weighted by molar-refractivity contribution is 0.394. The Labute approximate surface area is 135 Å². The minimum Gasteiger partial charge on any atom is -0.497 e. The maximum Gasteiger partial charge on any atom is 0.492 e. The van der Waals surface area contributed by atoms with Crippen molar-refractivity contribution in [2.24, 2.45) is 0 Å². The molecule has 2 aromatic carbocycles. The Morgan fingerprint density at radius 3 is 1.91 bits per heavy atom. The van der Waals surface area contributed by atoms with Gasteiger partial charge in [-0.15, -0.1) is 0 Å². The Balaban J connectivity index is 2.31. The van der Waals surface area contributed by atoms with Gasteiger partial charge in [-0.1, -0.05) is 24.3 Å². The fraction of sp³-hybridized carbons (Fsp3) is 0.176. The van der Waals surface area contributed by atoms with Crippen molar-refractivity contribution < 1.29 is 24.3 Å². The first-order valence-electron chi connectivity index (χ1n) is 7.02. The van der Waals surface area contributed by atoms with E-state index >= 15 is 0 Å². The number of benzene rings is 2. The predicted molar refractivity (Wildman–Crippen MR) is 91.3 cm³/mol. The van der Waals surface area contributed by atoms with Crippen LogP contribution in [0.1, 0.15) is 11.1 Å². The molecule has 0 radical (unpaired) electrons. The topological polar surface area (TPSA) is 68.2 Å². The molecule has 120 valence electrons. The van der Waals surface area contributed by atoms with Crippen LogP contribution in [0, 0.1) is 0 Å². The molecule has 0 amide bonds. The molecule has 23 heavy (non-hydrogen) atoms. The summed E-state index contributed by atoms with van der Waals surface area (Å²) in [5, 5.41) is 18.8. The number of rotatable bonds is 6. The Kier molecular flexibility index (Phi) is 5.68. The van der Waals surface area contributed by atoms with Crippen molar-refractivity contribution in [3.8, 4) is 17.2 Å². The molecule has 6 heteroatoms. The van der Waals surface area contributed by atoms with E-state index < -0.39 is 7.12 Å². The van der Waals surface area contributed by atoms with Gasteiger partial charge in [0.1, 0.15) is 17.2 Å². The molecule has 5 nitrogen and oxygen atoms in total. The summed E-state index contributed by atoms with van der Waals surface area (Å²) in [6.45, 7) is 0. The zero-order valence-corrected chi connectivity index (χ0v) is 13.3. The molecule has 0 saturated carbocycles. The normalized spacial score (nSPS) is 10.7. The Morgan fingerprint density at radius 2 is 1.39 bits per heavy atom. The maximum absolute atomic E-state index is 9.40. The SMILES string of the molecule is COc1cc(/C=C/c2ccc(OC)c(B(O)O)c2)cc(OC)c1. The highest BCUT2D eigenvalue weighted by Gasteiger charge is 2.16. The first-order chi connectivity index (χ1) is 11.1. The Bertz CT molecular complexity index is 675. The van der Waals surface area contributed by atoms with Crippen molar-refractivity contribution in [2.45, 2.75) is 0 Å². The molecule has 0 fully saturated rings. The average molecular weight is 314 g/mol. The van der Waals surface area contributed by atoms with Gasteiger partial charge in [-0.25, -0.2) is 0 Å². The zero-order valence-electron chi connectivity index (χ0n) is 13.3. The third-order valence-corrected chi connectivity index (χ3v) is 3.37. The third kappa shape index (κ3) is 4.28. The minimum atomic E-state index is -1.59. The number of ether oxygens (including phenoxy) is 3. The van der Waals surface area contributed by atoms with E-state index in [0.29, 0.717) is 22.7 Å². The van der Waals surface area contributed by atoms with Crippen molar-refractivity contribution in [3.63, 3.8) is 0 Å². The second-order valence-electron chi connectivity index (χ2n) is 4.85. The van der Waals surface area contributed by atoms with E-state index in [4.69, 9.17) is 14.2 Å². The second-order valence-corrected chi connectivity index (χ2v) is 4.85. The van der Waals surface area contributed by atoms with Gasteiger partial charge < -0.3 is 24.3 Å². The van der Waals surface area contributed by atoms with E-state index in [-0.39, 0.29) is 0 Å². The van der Waals surface area contributed by atoms with E-state index in [1.165, 1.54) is 7.11 Å². The molecule has 0 aliphatic carbocycles. The van der Waals surface area contributed by atoms with Crippen molar-refractivity contribution in [1.82, 2.24) is 0 Å². The van der Waals surface area contributed by atoms with E-state index in [1.807, 2.05) is 30.4 Å². The summed E-state index contributed by atoms with van der Waals surface area (Å²) in [4.78, 5) is 0. The second kappa shape index (κ2) is 7.71. The molecule has 0 aromatic heterocycles. The molecule has 0 unspecified atom stereocenters. The molecule has 2 rings (SSSR count). The van der Waals surface area contributed by atoms with Gasteiger partial charge in [0.2, 0.25) is 0 Å². The first-order valence-corrected chi connectivity index (χ1v) is 7.02. The molecule has 0 atom stereocenters. The van der Waals surface area contributed by atoms with Crippen LogP contribution in [0.2, 0.25) is 0 Å². The third-order valence-electron chi connectivity index (χ3n) is 3.37. The minimum absolute atomic E-state index is 0.317. The number of methoxy groups -OCH3 is 3. The highest BCUT2D eigenvalue weighted by Crippen LogP contribution is 2.24. The molecule has 0 spiro atoms. The summed E-state index contributed by atoms with van der Waals surface area (Å²) in [7, 11) is 3.09. The first kappa shape index (κ1) is 16.9. The van der Waals surface area contributed by atoms with E-state index in [0.717, 1.165) is 11.1 Å². The number of hydrogen-bond acceptors (Lipinski definition) is 5. The fourth-order valence-corrected chi connectivity index (χ4v) is 2.18. The van der Waals surface area contributed by atoms with Crippen LogP contribution in [0.5, 0.6) is 17.2 Å². The van der Waals surface area contributed by atoms with Crippen molar-refractivity contribution in [3.05, 3.63) is 47.5 Å². The van der Waals surface area contributed by atoms with Gasteiger partial charge in [0.15, 0.2) is 0 Å². The van der Waals surface area contributed by atoms with E-state index in [2.05, 4.69) is 0 Å². The van der Waals surface area contributed by atoms with Crippen molar-refractivity contribution >= 4 is 24.7 Å². The summed E-state index contributed by atoms with van der Waals surface area (Å²) in [5.41, 5.74) is 2.04. The lowest BCUT2D eigenvalue weighted by Gasteiger charge is -2.08. The fourth-order valence-electron chi connectivity index (χ4n) is 2.18. The van der Waals surface area contributed by atoms with Gasteiger partial charge in [0.25, 0.3) is 0 Å². The summed E-state index contributed by atoms with van der Waals surface area (Å²) < 4.78 is 15.6. The number of hydrogen-bond donors (Lipinski definition) is 2. The van der Waals surface area contributed by atoms with Gasteiger partial charge in [-0.2, -0.15) is 0 Å². The van der Waals surface area contributed by atoms with E-state index in [9.17, 15) is 10.0 Å². The van der Waals surface area contributed by atoms with Gasteiger partial charge >= 0.3 is 7.12 Å². The summed E-state index contributed by atoms with van der Waals surface area (Å²) in [5.74, 6) is 1.83. The molecule has 2 N–H and O–H groups in total. The predicted octanol–water partition coefficient (Wildman–Crippen LogP) is 1.56. The highest BCUT2D eigenvalue weighted by atomic mass is 16.5. The molecule has 0 aliphatic rings. The largest absolute Gasteiger partial charge is 0.497 e. The van der Waals surface area contributed by atoms with Crippen LogP contribution in [-0.2, 0) is 0 Å². The summed E-state index contributed by atoms with van der Waals surface area (Å²) in [6, 6.07) is 10.7. The van der Waals surface area contributed by atoms with Gasteiger partial charge in [-0.3, -0.25) is 0 Å². The van der Waals surface area contributed by atoms with Crippen LogP contribution >= 0.6 is 0 Å². The van der Waals surface area contributed by atoms with Crippen LogP contribution in [0.3, 0.4) is 0 Å². The van der Waals surface area contributed by atoms with Gasteiger partial charge in [-0.05, 0) is 29.3 Å². The molecule has 0 aliphatic heterocycles. The molecule has 2 aromatic rings.